The molecule has 112 valence electrons. The van der Waals surface area contributed by atoms with Gasteiger partial charge < -0.3 is 19.9 Å². The minimum Gasteiger partial charge on any atom is -0.496 e. The molecule has 0 aliphatic heterocycles. The molecule has 0 aliphatic carbocycles. The van der Waals surface area contributed by atoms with E-state index in [2.05, 4.69) is 0 Å². The SMILES string of the molecule is COc1cc(OC)cc(Oc2cccc(CC(C)N)c2)c1. The van der Waals surface area contributed by atoms with Crippen LogP contribution >= 0.6 is 0 Å². The normalized spacial score (nSPS) is 11.8. The Hall–Kier alpha value is -2.20. The van der Waals surface area contributed by atoms with Crippen molar-refractivity contribution >= 4 is 0 Å². The first kappa shape index (κ1) is 15.2. The third kappa shape index (κ3) is 4.39. The van der Waals surface area contributed by atoms with E-state index in [0.717, 1.165) is 17.7 Å². The van der Waals surface area contributed by atoms with Gasteiger partial charge in [0.15, 0.2) is 0 Å². The van der Waals surface area contributed by atoms with Crippen LogP contribution in [0.25, 0.3) is 0 Å². The first-order valence-corrected chi connectivity index (χ1v) is 6.86. The summed E-state index contributed by atoms with van der Waals surface area (Å²) in [4.78, 5) is 0. The van der Waals surface area contributed by atoms with Gasteiger partial charge in [-0.05, 0) is 31.0 Å². The Morgan fingerprint density at radius 1 is 0.905 bits per heavy atom. The van der Waals surface area contributed by atoms with E-state index in [1.54, 1.807) is 20.3 Å². The standard InChI is InChI=1S/C17H21NO3/c1-12(18)7-13-5-4-6-14(8-13)21-17-10-15(19-2)9-16(11-17)20-3/h4-6,8-12H,7,18H2,1-3H3. The van der Waals surface area contributed by atoms with Gasteiger partial charge in [-0.3, -0.25) is 0 Å². The summed E-state index contributed by atoms with van der Waals surface area (Å²) in [6.07, 6.45) is 0.818. The molecule has 0 saturated carbocycles. The third-order valence-electron chi connectivity index (χ3n) is 3.02. The molecule has 0 saturated heterocycles. The number of benzene rings is 2. The lowest BCUT2D eigenvalue weighted by Gasteiger charge is -2.11. The molecular formula is C17H21NO3. The van der Waals surface area contributed by atoms with Gasteiger partial charge in [0.2, 0.25) is 0 Å². The van der Waals surface area contributed by atoms with Crippen molar-refractivity contribution in [2.24, 2.45) is 5.73 Å². The van der Waals surface area contributed by atoms with Crippen LogP contribution in [0.1, 0.15) is 12.5 Å². The maximum Gasteiger partial charge on any atom is 0.134 e. The summed E-state index contributed by atoms with van der Waals surface area (Å²) in [7, 11) is 3.23. The number of hydrogen-bond acceptors (Lipinski definition) is 4. The molecule has 2 N–H and O–H groups in total. The van der Waals surface area contributed by atoms with Crippen LogP contribution in [-0.2, 0) is 6.42 Å². The summed E-state index contributed by atoms with van der Waals surface area (Å²) in [5.74, 6) is 2.82. The Kier molecular flexibility index (Phi) is 5.06. The molecule has 4 nitrogen and oxygen atoms in total. The van der Waals surface area contributed by atoms with Gasteiger partial charge in [0.05, 0.1) is 14.2 Å². The molecule has 0 radical (unpaired) electrons. The molecule has 0 aliphatic rings. The smallest absolute Gasteiger partial charge is 0.134 e. The highest BCUT2D eigenvalue weighted by atomic mass is 16.5. The fraction of sp³-hybridized carbons (Fsp3) is 0.294. The third-order valence-corrected chi connectivity index (χ3v) is 3.02. The Balaban J connectivity index is 2.21. The summed E-state index contributed by atoms with van der Waals surface area (Å²) in [6, 6.07) is 13.5. The minimum absolute atomic E-state index is 0.122. The molecule has 0 heterocycles. The fourth-order valence-electron chi connectivity index (χ4n) is 2.08. The van der Waals surface area contributed by atoms with Crippen LogP contribution in [0.3, 0.4) is 0 Å². The van der Waals surface area contributed by atoms with Crippen molar-refractivity contribution in [3.05, 3.63) is 48.0 Å². The largest absolute Gasteiger partial charge is 0.496 e. The lowest BCUT2D eigenvalue weighted by Crippen LogP contribution is -2.17. The van der Waals surface area contributed by atoms with E-state index in [9.17, 15) is 0 Å². The van der Waals surface area contributed by atoms with E-state index in [1.807, 2.05) is 43.3 Å². The van der Waals surface area contributed by atoms with Crippen LogP contribution in [0, 0.1) is 0 Å². The van der Waals surface area contributed by atoms with Gasteiger partial charge in [0, 0.05) is 24.2 Å². The monoisotopic (exact) mass is 287 g/mol. The van der Waals surface area contributed by atoms with E-state index in [0.29, 0.717) is 17.2 Å². The zero-order valence-corrected chi connectivity index (χ0v) is 12.6. The van der Waals surface area contributed by atoms with E-state index in [-0.39, 0.29) is 6.04 Å². The quantitative estimate of drug-likeness (QED) is 0.885. The molecule has 0 fully saturated rings. The molecule has 4 heteroatoms. The molecule has 2 rings (SSSR count). The molecule has 0 bridgehead atoms. The second-order valence-corrected chi connectivity index (χ2v) is 4.98. The molecular weight excluding hydrogens is 266 g/mol. The summed E-state index contributed by atoms with van der Waals surface area (Å²) in [6.45, 7) is 1.99. The van der Waals surface area contributed by atoms with Crippen LogP contribution in [0.2, 0.25) is 0 Å². The van der Waals surface area contributed by atoms with Crippen LogP contribution in [0.15, 0.2) is 42.5 Å². The Bertz CT molecular complexity index is 574. The van der Waals surface area contributed by atoms with E-state index in [1.165, 1.54) is 0 Å². The van der Waals surface area contributed by atoms with Gasteiger partial charge >= 0.3 is 0 Å². The zero-order chi connectivity index (χ0) is 15.2. The van der Waals surface area contributed by atoms with Crippen molar-refractivity contribution < 1.29 is 14.2 Å². The molecule has 21 heavy (non-hydrogen) atoms. The zero-order valence-electron chi connectivity index (χ0n) is 12.6. The minimum atomic E-state index is 0.122. The maximum absolute atomic E-state index is 5.88. The van der Waals surface area contributed by atoms with Crippen molar-refractivity contribution in [2.45, 2.75) is 19.4 Å². The lowest BCUT2D eigenvalue weighted by atomic mass is 10.1. The summed E-state index contributed by atoms with van der Waals surface area (Å²) in [5, 5.41) is 0. The molecule has 2 aromatic rings. The molecule has 0 spiro atoms. The molecule has 0 amide bonds. The van der Waals surface area contributed by atoms with Gasteiger partial charge in [0.1, 0.15) is 23.0 Å². The van der Waals surface area contributed by atoms with Crippen molar-refractivity contribution in [3.63, 3.8) is 0 Å². The van der Waals surface area contributed by atoms with E-state index < -0.39 is 0 Å². The second kappa shape index (κ2) is 6.99. The first-order chi connectivity index (χ1) is 10.1. The van der Waals surface area contributed by atoms with Crippen LogP contribution in [0.4, 0.5) is 0 Å². The van der Waals surface area contributed by atoms with Crippen LogP contribution in [0.5, 0.6) is 23.0 Å². The predicted molar refractivity (Wildman–Crippen MR) is 83.4 cm³/mol. The van der Waals surface area contributed by atoms with Crippen molar-refractivity contribution in [1.82, 2.24) is 0 Å². The topological polar surface area (TPSA) is 53.7 Å². The Morgan fingerprint density at radius 2 is 1.52 bits per heavy atom. The van der Waals surface area contributed by atoms with Crippen LogP contribution in [-0.4, -0.2) is 20.3 Å². The number of nitrogens with two attached hydrogens (primary N) is 1. The van der Waals surface area contributed by atoms with E-state index in [4.69, 9.17) is 19.9 Å². The summed E-state index contributed by atoms with van der Waals surface area (Å²) < 4.78 is 16.4. The van der Waals surface area contributed by atoms with Gasteiger partial charge in [-0.2, -0.15) is 0 Å². The lowest BCUT2D eigenvalue weighted by molar-refractivity contribution is 0.386. The molecule has 1 unspecified atom stereocenters. The van der Waals surface area contributed by atoms with Gasteiger partial charge in [-0.15, -0.1) is 0 Å². The Labute approximate surface area is 125 Å². The number of ether oxygens (including phenoxy) is 3. The van der Waals surface area contributed by atoms with Gasteiger partial charge in [0.25, 0.3) is 0 Å². The number of rotatable bonds is 6. The Morgan fingerprint density at radius 3 is 2.10 bits per heavy atom. The highest BCUT2D eigenvalue weighted by molar-refractivity contribution is 5.44. The average molecular weight is 287 g/mol. The molecule has 0 aromatic heterocycles. The average Bonchev–Trinajstić information content (AvgIpc) is 2.46. The van der Waals surface area contributed by atoms with E-state index >= 15 is 0 Å². The predicted octanol–water partition coefficient (Wildman–Crippen LogP) is 3.39. The van der Waals surface area contributed by atoms with Crippen molar-refractivity contribution in [1.29, 1.82) is 0 Å². The fourth-order valence-corrected chi connectivity index (χ4v) is 2.08. The van der Waals surface area contributed by atoms with Crippen molar-refractivity contribution in [3.8, 4) is 23.0 Å². The highest BCUT2D eigenvalue weighted by Gasteiger charge is 2.05. The maximum atomic E-state index is 5.88. The van der Waals surface area contributed by atoms with Crippen LogP contribution < -0.4 is 19.9 Å². The summed E-state index contributed by atoms with van der Waals surface area (Å²) >= 11 is 0. The molecule has 2 aromatic carbocycles. The van der Waals surface area contributed by atoms with Crippen molar-refractivity contribution in [2.75, 3.05) is 14.2 Å². The summed E-state index contributed by atoms with van der Waals surface area (Å²) in [5.41, 5.74) is 6.98. The molecule has 1 atom stereocenters. The first-order valence-electron chi connectivity index (χ1n) is 6.86. The highest BCUT2D eigenvalue weighted by Crippen LogP contribution is 2.31. The van der Waals surface area contributed by atoms with Gasteiger partial charge in [-0.1, -0.05) is 12.1 Å². The number of methoxy groups -OCH3 is 2. The van der Waals surface area contributed by atoms with Gasteiger partial charge in [-0.25, -0.2) is 0 Å². The number of hydrogen-bond donors (Lipinski definition) is 1. The second-order valence-electron chi connectivity index (χ2n) is 4.98.